The molecule has 0 unspecified atom stereocenters. The van der Waals surface area contributed by atoms with Crippen molar-refractivity contribution in [3.8, 4) is 0 Å². The molecule has 98 valence electrons. The van der Waals surface area contributed by atoms with E-state index in [2.05, 4.69) is 0 Å². The Kier molecular flexibility index (Phi) is 4.01. The van der Waals surface area contributed by atoms with Crippen molar-refractivity contribution in [1.82, 2.24) is 0 Å². The van der Waals surface area contributed by atoms with Crippen LogP contribution in [0.25, 0.3) is 0 Å². The molecule has 0 amide bonds. The Bertz CT molecular complexity index is 619. The molecule has 0 saturated heterocycles. The van der Waals surface area contributed by atoms with Crippen LogP contribution in [0, 0.1) is 15.9 Å². The number of halogens is 1. The number of non-ortho nitro benzene ring substituents is 1. The van der Waals surface area contributed by atoms with Crippen molar-refractivity contribution in [2.75, 3.05) is 5.73 Å². The minimum absolute atomic E-state index is 0.0466. The van der Waals surface area contributed by atoms with Crippen LogP contribution in [0.15, 0.2) is 47.4 Å². The fraction of sp³-hybridized carbons (Fsp3) is 0.0769. The number of nitro groups is 1. The van der Waals surface area contributed by atoms with Crippen molar-refractivity contribution in [3.05, 3.63) is 64.0 Å². The molecule has 0 fully saturated rings. The molecule has 2 aromatic rings. The lowest BCUT2D eigenvalue weighted by molar-refractivity contribution is -0.384. The van der Waals surface area contributed by atoms with Gasteiger partial charge in [-0.3, -0.25) is 10.1 Å². The van der Waals surface area contributed by atoms with Crippen LogP contribution < -0.4 is 5.73 Å². The fourth-order valence-corrected chi connectivity index (χ4v) is 2.49. The molecule has 0 spiro atoms. The van der Waals surface area contributed by atoms with Crippen LogP contribution in [0.5, 0.6) is 0 Å². The monoisotopic (exact) mass is 278 g/mol. The van der Waals surface area contributed by atoms with E-state index in [4.69, 9.17) is 5.73 Å². The molecular formula is C13H11FN2O2S. The summed E-state index contributed by atoms with van der Waals surface area (Å²) in [5, 5.41) is 10.7. The molecule has 2 N–H and O–H groups in total. The summed E-state index contributed by atoms with van der Waals surface area (Å²) in [5.74, 6) is 0.144. The van der Waals surface area contributed by atoms with Gasteiger partial charge in [-0.05, 0) is 23.8 Å². The third-order valence-electron chi connectivity index (χ3n) is 2.49. The molecular weight excluding hydrogens is 267 g/mol. The number of hydrogen-bond acceptors (Lipinski definition) is 4. The molecule has 4 nitrogen and oxygen atoms in total. The number of thioether (sulfide) groups is 1. The van der Waals surface area contributed by atoms with E-state index in [-0.39, 0.29) is 11.5 Å². The Balaban J connectivity index is 2.12. The van der Waals surface area contributed by atoms with Crippen LogP contribution in [-0.2, 0) is 5.75 Å². The predicted molar refractivity (Wildman–Crippen MR) is 73.5 cm³/mol. The van der Waals surface area contributed by atoms with E-state index >= 15 is 0 Å². The lowest BCUT2D eigenvalue weighted by Crippen LogP contribution is -1.91. The quantitative estimate of drug-likeness (QED) is 0.401. The normalized spacial score (nSPS) is 10.4. The van der Waals surface area contributed by atoms with Crippen molar-refractivity contribution >= 4 is 23.1 Å². The van der Waals surface area contributed by atoms with E-state index in [9.17, 15) is 14.5 Å². The first kappa shape index (κ1) is 13.4. The van der Waals surface area contributed by atoms with Crippen LogP contribution in [0.1, 0.15) is 5.56 Å². The molecule has 2 rings (SSSR count). The van der Waals surface area contributed by atoms with Gasteiger partial charge in [-0.1, -0.05) is 12.1 Å². The van der Waals surface area contributed by atoms with Gasteiger partial charge in [0.05, 0.1) is 4.92 Å². The Hall–Kier alpha value is -2.08. The summed E-state index contributed by atoms with van der Waals surface area (Å²) in [7, 11) is 0. The predicted octanol–water partition coefficient (Wildman–Crippen LogP) is 3.61. The van der Waals surface area contributed by atoms with Gasteiger partial charge in [0, 0.05) is 28.5 Å². The Morgan fingerprint density at radius 3 is 2.79 bits per heavy atom. The molecule has 2 aromatic carbocycles. The topological polar surface area (TPSA) is 69.2 Å². The first-order valence-electron chi connectivity index (χ1n) is 5.47. The SMILES string of the molecule is Nc1ccc(F)cc1SCc1cccc([N+](=O)[O-])c1. The van der Waals surface area contributed by atoms with Crippen molar-refractivity contribution < 1.29 is 9.31 Å². The largest absolute Gasteiger partial charge is 0.398 e. The van der Waals surface area contributed by atoms with Gasteiger partial charge in [0.15, 0.2) is 0 Å². The number of rotatable bonds is 4. The molecule has 0 heterocycles. The number of benzene rings is 2. The highest BCUT2D eigenvalue weighted by Crippen LogP contribution is 2.29. The number of anilines is 1. The lowest BCUT2D eigenvalue weighted by atomic mass is 10.2. The maximum Gasteiger partial charge on any atom is 0.269 e. The lowest BCUT2D eigenvalue weighted by Gasteiger charge is -2.05. The van der Waals surface area contributed by atoms with Crippen molar-refractivity contribution in [2.24, 2.45) is 0 Å². The minimum Gasteiger partial charge on any atom is -0.398 e. The highest BCUT2D eigenvalue weighted by molar-refractivity contribution is 7.98. The maximum atomic E-state index is 13.1. The number of nitro benzene ring substituents is 1. The van der Waals surface area contributed by atoms with Gasteiger partial charge >= 0.3 is 0 Å². The summed E-state index contributed by atoms with van der Waals surface area (Å²) in [4.78, 5) is 10.8. The summed E-state index contributed by atoms with van der Waals surface area (Å²) < 4.78 is 13.1. The Morgan fingerprint density at radius 2 is 2.05 bits per heavy atom. The van der Waals surface area contributed by atoms with E-state index in [1.807, 2.05) is 0 Å². The third kappa shape index (κ3) is 3.45. The Morgan fingerprint density at radius 1 is 1.26 bits per heavy atom. The molecule has 6 heteroatoms. The van der Waals surface area contributed by atoms with Gasteiger partial charge in [0.2, 0.25) is 0 Å². The Labute approximate surface area is 113 Å². The standard InChI is InChI=1S/C13H11FN2O2S/c14-10-4-5-12(15)13(7-10)19-8-9-2-1-3-11(6-9)16(17)18/h1-7H,8,15H2. The van der Waals surface area contributed by atoms with Gasteiger partial charge in [-0.15, -0.1) is 11.8 Å². The molecule has 0 aromatic heterocycles. The molecule has 0 aliphatic rings. The van der Waals surface area contributed by atoms with Crippen LogP contribution in [0.4, 0.5) is 15.8 Å². The number of nitrogen functional groups attached to an aromatic ring is 1. The summed E-state index contributed by atoms with van der Waals surface area (Å²) in [5.41, 5.74) is 7.07. The second-order valence-electron chi connectivity index (χ2n) is 3.90. The van der Waals surface area contributed by atoms with Crippen molar-refractivity contribution in [3.63, 3.8) is 0 Å². The van der Waals surface area contributed by atoms with Crippen LogP contribution in [0.3, 0.4) is 0 Å². The molecule has 0 aliphatic carbocycles. The third-order valence-corrected chi connectivity index (χ3v) is 3.63. The second-order valence-corrected chi connectivity index (χ2v) is 4.92. The highest BCUT2D eigenvalue weighted by atomic mass is 32.2. The zero-order valence-electron chi connectivity index (χ0n) is 9.88. The summed E-state index contributed by atoms with van der Waals surface area (Å²) in [6.45, 7) is 0. The average molecular weight is 278 g/mol. The minimum atomic E-state index is -0.440. The number of nitrogens with two attached hydrogens (primary N) is 1. The van der Waals surface area contributed by atoms with Gasteiger partial charge in [0.25, 0.3) is 5.69 Å². The first-order valence-corrected chi connectivity index (χ1v) is 6.46. The molecule has 19 heavy (non-hydrogen) atoms. The molecule has 0 radical (unpaired) electrons. The van der Waals surface area contributed by atoms with E-state index in [0.29, 0.717) is 16.3 Å². The smallest absolute Gasteiger partial charge is 0.269 e. The average Bonchev–Trinajstić information content (AvgIpc) is 2.40. The molecule has 0 saturated carbocycles. The number of hydrogen-bond donors (Lipinski definition) is 1. The van der Waals surface area contributed by atoms with E-state index < -0.39 is 4.92 Å². The van der Waals surface area contributed by atoms with E-state index in [0.717, 1.165) is 5.56 Å². The summed E-state index contributed by atoms with van der Waals surface area (Å²) in [6, 6.07) is 10.5. The zero-order chi connectivity index (χ0) is 13.8. The van der Waals surface area contributed by atoms with Crippen molar-refractivity contribution in [1.29, 1.82) is 0 Å². The van der Waals surface area contributed by atoms with Gasteiger partial charge in [0.1, 0.15) is 5.82 Å². The highest BCUT2D eigenvalue weighted by Gasteiger charge is 2.07. The fourth-order valence-electron chi connectivity index (χ4n) is 1.55. The second kappa shape index (κ2) is 5.71. The van der Waals surface area contributed by atoms with E-state index in [1.54, 1.807) is 12.1 Å². The van der Waals surface area contributed by atoms with Crippen LogP contribution in [0.2, 0.25) is 0 Å². The van der Waals surface area contributed by atoms with E-state index in [1.165, 1.54) is 42.1 Å². The molecule has 0 bridgehead atoms. The van der Waals surface area contributed by atoms with Crippen LogP contribution in [-0.4, -0.2) is 4.92 Å². The molecule has 0 aliphatic heterocycles. The summed E-state index contributed by atoms with van der Waals surface area (Å²) in [6.07, 6.45) is 0. The maximum absolute atomic E-state index is 13.1. The zero-order valence-corrected chi connectivity index (χ0v) is 10.7. The van der Waals surface area contributed by atoms with Gasteiger partial charge < -0.3 is 5.73 Å². The number of nitrogens with zero attached hydrogens (tertiary/aromatic N) is 1. The van der Waals surface area contributed by atoms with Crippen LogP contribution >= 0.6 is 11.8 Å². The van der Waals surface area contributed by atoms with Gasteiger partial charge in [-0.25, -0.2) is 4.39 Å². The van der Waals surface area contributed by atoms with Crippen molar-refractivity contribution in [2.45, 2.75) is 10.6 Å². The van der Waals surface area contributed by atoms with Gasteiger partial charge in [-0.2, -0.15) is 0 Å². The first-order chi connectivity index (χ1) is 9.06. The molecule has 0 atom stereocenters. The summed E-state index contributed by atoms with van der Waals surface area (Å²) >= 11 is 1.35.